The highest BCUT2D eigenvalue weighted by atomic mass is 14.8. The molecule has 11 heavy (non-hydrogen) atoms. The highest BCUT2D eigenvalue weighted by Crippen LogP contribution is 2.26. The molecule has 0 fully saturated rings. The molecule has 2 rings (SSSR count). The van der Waals surface area contributed by atoms with E-state index in [4.69, 9.17) is 5.26 Å². The first-order chi connectivity index (χ1) is 5.40. The van der Waals surface area contributed by atoms with Crippen LogP contribution in [-0.4, -0.2) is 12.3 Å². The quantitative estimate of drug-likeness (QED) is 0.474. The van der Waals surface area contributed by atoms with Crippen LogP contribution in [-0.2, 0) is 0 Å². The molecule has 1 heterocycles. The number of hydrogen-bond acceptors (Lipinski definition) is 2. The summed E-state index contributed by atoms with van der Waals surface area (Å²) in [5.41, 5.74) is 0.704. The number of nitrogens with zero attached hydrogens (tertiary/aromatic N) is 2. The Hall–Kier alpha value is -1.36. The maximum atomic E-state index is 8.58. The summed E-state index contributed by atoms with van der Waals surface area (Å²) in [7, 11) is 0. The van der Waals surface area contributed by atoms with Crippen molar-refractivity contribution in [3.8, 4) is 6.07 Å². The Morgan fingerprint density at radius 2 is 2.55 bits per heavy atom. The first kappa shape index (κ1) is 6.36. The fourth-order valence-corrected chi connectivity index (χ4v) is 1.49. The lowest BCUT2D eigenvalue weighted by Crippen LogP contribution is -2.14. The minimum Gasteiger partial charge on any atom is -0.284 e. The number of allylic oxidation sites excluding steroid dienone is 2. The van der Waals surface area contributed by atoms with E-state index in [1.54, 1.807) is 6.21 Å². The molecule has 1 aliphatic carbocycles. The molecule has 0 N–H and O–H groups in total. The zero-order chi connectivity index (χ0) is 7.68. The molecule has 54 valence electrons. The number of nitriles is 1. The smallest absolute Gasteiger partial charge is 0.100 e. The van der Waals surface area contributed by atoms with Gasteiger partial charge in [-0.15, -0.1) is 0 Å². The second kappa shape index (κ2) is 2.35. The van der Waals surface area contributed by atoms with Crippen LogP contribution in [0, 0.1) is 17.2 Å². The predicted octanol–water partition coefficient (Wildman–Crippen LogP) is 1.47. The van der Waals surface area contributed by atoms with E-state index in [2.05, 4.69) is 23.2 Å². The summed E-state index contributed by atoms with van der Waals surface area (Å²) in [4.78, 5) is 4.24. The molecule has 2 aliphatic rings. The molecule has 0 aromatic carbocycles. The van der Waals surface area contributed by atoms with E-state index in [0.717, 1.165) is 6.42 Å². The predicted molar refractivity (Wildman–Crippen MR) is 43.2 cm³/mol. The van der Waals surface area contributed by atoms with Crippen LogP contribution in [0.3, 0.4) is 0 Å². The van der Waals surface area contributed by atoms with E-state index in [-0.39, 0.29) is 0 Å². The molecular weight excluding hydrogens is 136 g/mol. The number of aliphatic imine (C=N–C) groups is 1. The number of hydrogen-bond donors (Lipinski definition) is 0. The zero-order valence-corrected chi connectivity index (χ0v) is 6.07. The molecule has 2 unspecified atom stereocenters. The van der Waals surface area contributed by atoms with Crippen LogP contribution in [0.1, 0.15) is 6.42 Å². The minimum atomic E-state index is 0.312. The lowest BCUT2D eigenvalue weighted by molar-refractivity contribution is 0.616. The fraction of sp³-hybridized carbons (Fsp3) is 0.333. The van der Waals surface area contributed by atoms with Crippen molar-refractivity contribution in [3.63, 3.8) is 0 Å². The van der Waals surface area contributed by atoms with Crippen molar-refractivity contribution in [2.45, 2.75) is 12.5 Å². The van der Waals surface area contributed by atoms with Crippen molar-refractivity contribution in [1.82, 2.24) is 0 Å². The first-order valence-corrected chi connectivity index (χ1v) is 3.72. The zero-order valence-electron chi connectivity index (χ0n) is 6.07. The van der Waals surface area contributed by atoms with Gasteiger partial charge in [-0.2, -0.15) is 5.26 Å². The molecule has 2 nitrogen and oxygen atoms in total. The van der Waals surface area contributed by atoms with Crippen LogP contribution < -0.4 is 0 Å². The Labute approximate surface area is 65.6 Å². The second-order valence-electron chi connectivity index (χ2n) is 2.83. The van der Waals surface area contributed by atoms with Crippen molar-refractivity contribution in [1.29, 1.82) is 5.26 Å². The van der Waals surface area contributed by atoms with Gasteiger partial charge >= 0.3 is 0 Å². The molecule has 0 radical (unpaired) electrons. The molecule has 2 atom stereocenters. The number of dihydropyridines is 1. The van der Waals surface area contributed by atoms with Gasteiger partial charge < -0.3 is 0 Å². The van der Waals surface area contributed by atoms with Crippen LogP contribution in [0.4, 0.5) is 0 Å². The minimum absolute atomic E-state index is 0.312. The third-order valence-electron chi connectivity index (χ3n) is 2.09. The van der Waals surface area contributed by atoms with E-state index in [1.165, 1.54) is 0 Å². The maximum absolute atomic E-state index is 8.58. The van der Waals surface area contributed by atoms with Gasteiger partial charge in [0.2, 0.25) is 0 Å². The highest BCUT2D eigenvalue weighted by molar-refractivity contribution is 5.85. The average Bonchev–Trinajstić information content (AvgIpc) is 2.50. The summed E-state index contributed by atoms with van der Waals surface area (Å²) in [6, 6.07) is 2.41. The standard InChI is InChI=1S/C9H8N2/c10-5-7-4-8-2-1-3-9(8)11-6-7/h1,3-4,6,8-9H,2H2. The Kier molecular flexibility index (Phi) is 1.36. The summed E-state index contributed by atoms with van der Waals surface area (Å²) < 4.78 is 0. The van der Waals surface area contributed by atoms with Crippen LogP contribution >= 0.6 is 0 Å². The second-order valence-corrected chi connectivity index (χ2v) is 2.83. The molecule has 0 amide bonds. The van der Waals surface area contributed by atoms with Gasteiger partial charge in [-0.05, 0) is 6.42 Å². The number of fused-ring (bicyclic) bond motifs is 1. The molecule has 2 heteroatoms. The Morgan fingerprint density at radius 3 is 3.36 bits per heavy atom. The summed E-state index contributed by atoms with van der Waals surface area (Å²) in [6.45, 7) is 0. The van der Waals surface area contributed by atoms with E-state index in [0.29, 0.717) is 17.5 Å². The van der Waals surface area contributed by atoms with Gasteiger partial charge in [0.1, 0.15) is 6.07 Å². The van der Waals surface area contributed by atoms with E-state index in [1.807, 2.05) is 6.08 Å². The highest BCUT2D eigenvalue weighted by Gasteiger charge is 2.22. The van der Waals surface area contributed by atoms with Gasteiger partial charge in [0, 0.05) is 12.1 Å². The van der Waals surface area contributed by atoms with E-state index < -0.39 is 0 Å². The van der Waals surface area contributed by atoms with Crippen molar-refractivity contribution >= 4 is 6.21 Å². The van der Waals surface area contributed by atoms with Crippen LogP contribution in [0.2, 0.25) is 0 Å². The molecule has 0 saturated carbocycles. The summed E-state index contributed by atoms with van der Waals surface area (Å²) in [6.07, 6.45) is 8.94. The number of rotatable bonds is 0. The Bertz CT molecular complexity index is 291. The molecule has 0 aromatic rings. The lowest BCUT2D eigenvalue weighted by Gasteiger charge is -2.14. The summed E-state index contributed by atoms with van der Waals surface area (Å²) in [5, 5.41) is 8.58. The Balaban J connectivity index is 2.26. The molecule has 0 bridgehead atoms. The first-order valence-electron chi connectivity index (χ1n) is 3.72. The van der Waals surface area contributed by atoms with Gasteiger partial charge in [-0.1, -0.05) is 18.2 Å². The van der Waals surface area contributed by atoms with Crippen molar-refractivity contribution in [2.75, 3.05) is 0 Å². The molecule has 0 spiro atoms. The Morgan fingerprint density at radius 1 is 1.64 bits per heavy atom. The van der Waals surface area contributed by atoms with Gasteiger partial charge in [0.25, 0.3) is 0 Å². The molecule has 0 saturated heterocycles. The van der Waals surface area contributed by atoms with Crippen molar-refractivity contribution in [3.05, 3.63) is 23.8 Å². The van der Waals surface area contributed by atoms with E-state index >= 15 is 0 Å². The molecule has 1 aliphatic heterocycles. The van der Waals surface area contributed by atoms with Gasteiger partial charge in [0.05, 0.1) is 11.6 Å². The fourth-order valence-electron chi connectivity index (χ4n) is 1.49. The van der Waals surface area contributed by atoms with Gasteiger partial charge in [0.15, 0.2) is 0 Å². The SMILES string of the molecule is N#CC1=CC2CC=CC2N=C1. The van der Waals surface area contributed by atoms with E-state index in [9.17, 15) is 0 Å². The molecule has 0 aromatic heterocycles. The van der Waals surface area contributed by atoms with Gasteiger partial charge in [-0.3, -0.25) is 4.99 Å². The third kappa shape index (κ3) is 0.988. The van der Waals surface area contributed by atoms with Crippen LogP contribution in [0.15, 0.2) is 28.8 Å². The van der Waals surface area contributed by atoms with Gasteiger partial charge in [-0.25, -0.2) is 0 Å². The molecular formula is C9H8N2. The topological polar surface area (TPSA) is 36.1 Å². The van der Waals surface area contributed by atoms with Crippen molar-refractivity contribution in [2.24, 2.45) is 10.9 Å². The summed E-state index contributed by atoms with van der Waals surface area (Å²) >= 11 is 0. The lowest BCUT2D eigenvalue weighted by atomic mass is 9.98. The van der Waals surface area contributed by atoms with Crippen molar-refractivity contribution < 1.29 is 0 Å². The normalized spacial score (nSPS) is 32.8. The maximum Gasteiger partial charge on any atom is 0.100 e. The van der Waals surface area contributed by atoms with Crippen LogP contribution in [0.5, 0.6) is 0 Å². The third-order valence-corrected chi connectivity index (χ3v) is 2.09. The monoisotopic (exact) mass is 144 g/mol. The average molecular weight is 144 g/mol. The largest absolute Gasteiger partial charge is 0.284 e. The summed E-state index contributed by atoms with van der Waals surface area (Å²) in [5.74, 6) is 0.453. The van der Waals surface area contributed by atoms with Crippen LogP contribution in [0.25, 0.3) is 0 Å².